The second-order valence-electron chi connectivity index (χ2n) is 5.20. The van der Waals surface area contributed by atoms with Crippen molar-refractivity contribution < 1.29 is 4.79 Å². The van der Waals surface area contributed by atoms with Gasteiger partial charge < -0.3 is 9.47 Å². The van der Waals surface area contributed by atoms with Crippen LogP contribution >= 0.6 is 11.8 Å². The van der Waals surface area contributed by atoms with Gasteiger partial charge in [-0.1, -0.05) is 42.1 Å². The molecule has 0 radical (unpaired) electrons. The summed E-state index contributed by atoms with van der Waals surface area (Å²) in [6.45, 7) is 2.93. The number of aromatic nitrogens is 2. The summed E-state index contributed by atoms with van der Waals surface area (Å²) in [5.74, 6) is 0.435. The Bertz CT molecular complexity index is 814. The molecule has 0 spiro atoms. The minimum absolute atomic E-state index is 0.0657. The summed E-state index contributed by atoms with van der Waals surface area (Å²) in [7, 11) is 1.81. The van der Waals surface area contributed by atoms with Gasteiger partial charge in [0.05, 0.1) is 16.8 Å². The molecular formula is C18H19N3OS. The first-order valence-electron chi connectivity index (χ1n) is 7.60. The predicted molar refractivity (Wildman–Crippen MR) is 96.0 cm³/mol. The number of carbonyl (C=O) groups is 1. The van der Waals surface area contributed by atoms with E-state index < -0.39 is 0 Å². The van der Waals surface area contributed by atoms with Crippen LogP contribution in [0.2, 0.25) is 0 Å². The van der Waals surface area contributed by atoms with Crippen LogP contribution in [0, 0.1) is 0 Å². The fourth-order valence-electron chi connectivity index (χ4n) is 2.49. The van der Waals surface area contributed by atoms with E-state index in [-0.39, 0.29) is 5.91 Å². The van der Waals surface area contributed by atoms with Gasteiger partial charge in [0.15, 0.2) is 5.16 Å². The molecule has 1 aromatic heterocycles. The van der Waals surface area contributed by atoms with Crippen LogP contribution < -0.4 is 4.90 Å². The summed E-state index contributed by atoms with van der Waals surface area (Å²) in [6, 6.07) is 17.7. The van der Waals surface area contributed by atoms with Crippen LogP contribution in [0.1, 0.15) is 6.92 Å². The van der Waals surface area contributed by atoms with Gasteiger partial charge >= 0.3 is 0 Å². The van der Waals surface area contributed by atoms with Gasteiger partial charge in [0.2, 0.25) is 5.91 Å². The average Bonchev–Trinajstić information content (AvgIpc) is 2.97. The van der Waals surface area contributed by atoms with Crippen molar-refractivity contribution >= 4 is 34.4 Å². The Kier molecular flexibility index (Phi) is 4.67. The van der Waals surface area contributed by atoms with Gasteiger partial charge in [-0.2, -0.15) is 0 Å². The molecule has 4 nitrogen and oxygen atoms in total. The maximum atomic E-state index is 12.4. The monoisotopic (exact) mass is 325 g/mol. The molecule has 1 amide bonds. The number of rotatable bonds is 5. The molecule has 0 bridgehead atoms. The average molecular weight is 325 g/mol. The van der Waals surface area contributed by atoms with Gasteiger partial charge in [0.25, 0.3) is 0 Å². The minimum Gasteiger partial charge on any atom is -0.319 e. The zero-order chi connectivity index (χ0) is 16.2. The van der Waals surface area contributed by atoms with Crippen LogP contribution in [0.25, 0.3) is 11.0 Å². The van der Waals surface area contributed by atoms with E-state index in [1.807, 2.05) is 48.5 Å². The Balaban J connectivity index is 1.74. The zero-order valence-electron chi connectivity index (χ0n) is 13.3. The predicted octanol–water partition coefficient (Wildman–Crippen LogP) is 3.81. The van der Waals surface area contributed by atoms with Gasteiger partial charge in [0, 0.05) is 19.3 Å². The van der Waals surface area contributed by atoms with Crippen molar-refractivity contribution in [1.29, 1.82) is 0 Å². The molecule has 0 fully saturated rings. The van der Waals surface area contributed by atoms with E-state index in [1.165, 1.54) is 11.8 Å². The lowest BCUT2D eigenvalue weighted by Gasteiger charge is -2.16. The third kappa shape index (κ3) is 3.24. The molecule has 118 valence electrons. The largest absolute Gasteiger partial charge is 0.319 e. The standard InChI is InChI=1S/C18H19N3OS/c1-3-21-16-12-8-7-11-15(16)19-18(21)23-13-17(22)20(2)14-9-5-4-6-10-14/h4-12H,3,13H2,1-2H3. The normalized spacial score (nSPS) is 10.9. The first-order chi connectivity index (χ1) is 11.2. The van der Waals surface area contributed by atoms with Crippen LogP contribution in [0.3, 0.4) is 0 Å². The van der Waals surface area contributed by atoms with Crippen molar-refractivity contribution in [3.05, 3.63) is 54.6 Å². The lowest BCUT2D eigenvalue weighted by atomic mass is 10.3. The number of benzene rings is 2. The summed E-state index contributed by atoms with van der Waals surface area (Å²) < 4.78 is 2.15. The fraction of sp³-hybridized carbons (Fsp3) is 0.222. The Morgan fingerprint density at radius 2 is 1.83 bits per heavy atom. The first kappa shape index (κ1) is 15.6. The maximum absolute atomic E-state index is 12.4. The Morgan fingerprint density at radius 1 is 1.13 bits per heavy atom. The second-order valence-corrected chi connectivity index (χ2v) is 6.15. The summed E-state index contributed by atoms with van der Waals surface area (Å²) in [5, 5.41) is 0.892. The van der Waals surface area contributed by atoms with Crippen LogP contribution in [0.5, 0.6) is 0 Å². The highest BCUT2D eigenvalue weighted by molar-refractivity contribution is 7.99. The van der Waals surface area contributed by atoms with Crippen LogP contribution in [-0.4, -0.2) is 28.3 Å². The molecule has 0 N–H and O–H groups in total. The lowest BCUT2D eigenvalue weighted by molar-refractivity contribution is -0.115. The van der Waals surface area contributed by atoms with E-state index in [0.717, 1.165) is 28.4 Å². The fourth-order valence-corrected chi connectivity index (χ4v) is 3.48. The molecule has 0 unspecified atom stereocenters. The van der Waals surface area contributed by atoms with Gasteiger partial charge in [-0.15, -0.1) is 0 Å². The van der Waals surface area contributed by atoms with Crippen LogP contribution in [0.4, 0.5) is 5.69 Å². The van der Waals surface area contributed by atoms with E-state index in [9.17, 15) is 4.79 Å². The van der Waals surface area contributed by atoms with Crippen molar-refractivity contribution in [3.63, 3.8) is 0 Å². The lowest BCUT2D eigenvalue weighted by Crippen LogP contribution is -2.27. The number of thioether (sulfide) groups is 1. The summed E-state index contributed by atoms with van der Waals surface area (Å²) in [5.41, 5.74) is 2.99. The van der Waals surface area contributed by atoms with E-state index in [4.69, 9.17) is 0 Å². The molecule has 3 aromatic rings. The Morgan fingerprint density at radius 3 is 2.57 bits per heavy atom. The quantitative estimate of drug-likeness (QED) is 0.670. The molecule has 0 saturated heterocycles. The SMILES string of the molecule is CCn1c(SCC(=O)N(C)c2ccccc2)nc2ccccc21. The van der Waals surface area contributed by atoms with Gasteiger partial charge in [-0.25, -0.2) is 4.98 Å². The molecule has 23 heavy (non-hydrogen) atoms. The van der Waals surface area contributed by atoms with Crippen LogP contribution in [-0.2, 0) is 11.3 Å². The highest BCUT2D eigenvalue weighted by Gasteiger charge is 2.15. The van der Waals surface area contributed by atoms with Crippen molar-refractivity contribution in [2.75, 3.05) is 17.7 Å². The third-order valence-corrected chi connectivity index (χ3v) is 4.74. The molecule has 2 aromatic carbocycles. The number of anilines is 1. The Labute approximate surface area is 140 Å². The van der Waals surface area contributed by atoms with E-state index >= 15 is 0 Å². The van der Waals surface area contributed by atoms with Gasteiger partial charge in [0.1, 0.15) is 0 Å². The van der Waals surface area contributed by atoms with Crippen molar-refractivity contribution in [3.8, 4) is 0 Å². The second kappa shape index (κ2) is 6.87. The van der Waals surface area contributed by atoms with E-state index in [0.29, 0.717) is 5.75 Å². The number of para-hydroxylation sites is 3. The Hall–Kier alpha value is -2.27. The smallest absolute Gasteiger partial charge is 0.237 e. The zero-order valence-corrected chi connectivity index (χ0v) is 14.1. The van der Waals surface area contributed by atoms with E-state index in [1.54, 1.807) is 11.9 Å². The molecule has 0 saturated carbocycles. The molecule has 0 atom stereocenters. The van der Waals surface area contributed by atoms with Crippen molar-refractivity contribution in [2.45, 2.75) is 18.6 Å². The van der Waals surface area contributed by atoms with Gasteiger partial charge in [-0.3, -0.25) is 4.79 Å². The minimum atomic E-state index is 0.0657. The molecule has 0 aliphatic carbocycles. The third-order valence-electron chi connectivity index (χ3n) is 3.78. The summed E-state index contributed by atoms with van der Waals surface area (Å²) >= 11 is 1.49. The number of hydrogen-bond donors (Lipinski definition) is 0. The number of fused-ring (bicyclic) bond motifs is 1. The highest BCUT2D eigenvalue weighted by atomic mass is 32.2. The van der Waals surface area contributed by atoms with E-state index in [2.05, 4.69) is 22.5 Å². The van der Waals surface area contributed by atoms with Crippen LogP contribution in [0.15, 0.2) is 59.8 Å². The topological polar surface area (TPSA) is 38.1 Å². The summed E-state index contributed by atoms with van der Waals surface area (Å²) in [4.78, 5) is 18.7. The number of carbonyl (C=O) groups excluding carboxylic acids is 1. The number of imidazole rings is 1. The summed E-state index contributed by atoms with van der Waals surface area (Å²) in [6.07, 6.45) is 0. The van der Waals surface area contributed by atoms with Crippen molar-refractivity contribution in [2.24, 2.45) is 0 Å². The number of hydrogen-bond acceptors (Lipinski definition) is 3. The molecule has 1 heterocycles. The van der Waals surface area contributed by atoms with Crippen molar-refractivity contribution in [1.82, 2.24) is 9.55 Å². The number of nitrogens with zero attached hydrogens (tertiary/aromatic N) is 3. The molecular weight excluding hydrogens is 306 g/mol. The molecule has 5 heteroatoms. The highest BCUT2D eigenvalue weighted by Crippen LogP contribution is 2.24. The molecule has 0 aliphatic heterocycles. The van der Waals surface area contributed by atoms with Gasteiger partial charge in [-0.05, 0) is 31.2 Å². The molecule has 3 rings (SSSR count). The molecule has 0 aliphatic rings. The number of amides is 1. The maximum Gasteiger partial charge on any atom is 0.237 e. The first-order valence-corrected chi connectivity index (χ1v) is 8.59. The number of aryl methyl sites for hydroxylation is 1.